The van der Waals surface area contributed by atoms with Crippen LogP contribution in [0.25, 0.3) is 21.5 Å². The van der Waals surface area contributed by atoms with Crippen molar-refractivity contribution in [1.29, 1.82) is 0 Å². The molecule has 0 aliphatic carbocycles. The van der Waals surface area contributed by atoms with Crippen molar-refractivity contribution in [2.45, 2.75) is 37.0 Å². The van der Waals surface area contributed by atoms with Crippen LogP contribution in [0.15, 0.2) is 213 Å². The summed E-state index contributed by atoms with van der Waals surface area (Å²) in [6.45, 7) is 4.00. The third-order valence-electron chi connectivity index (χ3n) is 12.2. The molecule has 0 amide bonds. The molecule has 6 atom stereocenters. The van der Waals surface area contributed by atoms with E-state index in [2.05, 4.69) is 72.8 Å². The maximum absolute atomic E-state index is 15.0. The van der Waals surface area contributed by atoms with E-state index >= 15 is 19.2 Å². The van der Waals surface area contributed by atoms with E-state index in [4.69, 9.17) is 0 Å². The number of hydrogen-bond acceptors (Lipinski definition) is 4. The molecule has 0 radical (unpaired) electrons. The van der Waals surface area contributed by atoms with Gasteiger partial charge in [0.2, 0.25) is 0 Å². The van der Waals surface area contributed by atoms with Gasteiger partial charge in [-0.05, 0) is 36.4 Å². The van der Waals surface area contributed by atoms with Gasteiger partial charge in [-0.3, -0.25) is 19.2 Å². The van der Waals surface area contributed by atoms with Gasteiger partial charge >= 0.3 is 0 Å². The topological polar surface area (TPSA) is 88.0 Å². The minimum absolute atomic E-state index is 0. The fraction of sp³-hybridized carbons (Fsp3) is 0.113. The summed E-state index contributed by atoms with van der Waals surface area (Å²) in [4.78, 5) is 60.1. The molecule has 9 aromatic rings. The van der Waals surface area contributed by atoms with Crippen LogP contribution in [-0.2, 0) is 20.4 Å². The number of rotatable bonds is 6. The fourth-order valence-electron chi connectivity index (χ4n) is 9.79. The van der Waals surface area contributed by atoms with E-state index in [0.29, 0.717) is 21.5 Å². The second kappa shape index (κ2) is 18.2. The quantitative estimate of drug-likeness (QED) is 0.0946. The maximum atomic E-state index is 15.0. The van der Waals surface area contributed by atoms with Crippen LogP contribution in [0.2, 0.25) is 0 Å². The van der Waals surface area contributed by atoms with Crippen molar-refractivity contribution < 1.29 is 20.4 Å². The third kappa shape index (κ3) is 7.03. The first kappa shape index (κ1) is 43.2. The fourth-order valence-corrected chi connectivity index (χ4v) is 18.0. The maximum Gasteiger partial charge on any atom is 0.277 e. The Balaban J connectivity index is 0.00000126. The van der Waals surface area contributed by atoms with E-state index in [0.717, 1.165) is 32.9 Å². The molecule has 2 aliphatic heterocycles. The van der Waals surface area contributed by atoms with Crippen molar-refractivity contribution in [3.05, 3.63) is 264 Å². The first-order valence-electron chi connectivity index (χ1n) is 21.2. The SMILES string of the molecule is C[CH-]C.O=c1c2ccccc2c(=O)n2n1C(c1ccccc1)[PH+](c1ccccc1[PH+]1C(c3ccccc3)n3c(=O)c4ccccc4c(=O)n3[C@@H]1c1ccccc1)[C@H]2c1ccccc1.[Pd]. The number of aromatic nitrogens is 4. The van der Waals surface area contributed by atoms with Crippen molar-refractivity contribution in [1.82, 2.24) is 18.7 Å². The van der Waals surface area contributed by atoms with Gasteiger partial charge in [0.15, 0.2) is 23.1 Å². The van der Waals surface area contributed by atoms with Crippen LogP contribution in [0, 0.1) is 6.42 Å². The van der Waals surface area contributed by atoms with Crippen LogP contribution in [0.3, 0.4) is 0 Å². The average Bonchev–Trinajstić information content (AvgIpc) is 3.90. The average molecular weight is 970 g/mol. The summed E-state index contributed by atoms with van der Waals surface area (Å²) in [5.41, 5.74) is 2.90. The number of fused-ring (bicyclic) bond motifs is 4. The molecule has 320 valence electrons. The molecule has 4 unspecified atom stereocenters. The Labute approximate surface area is 386 Å². The molecular weight excluding hydrogens is 925 g/mol. The zero-order valence-corrected chi connectivity index (χ0v) is 38.7. The van der Waals surface area contributed by atoms with Crippen molar-refractivity contribution in [3.8, 4) is 0 Å². The van der Waals surface area contributed by atoms with Gasteiger partial charge in [-0.15, -0.1) is 0 Å². The molecule has 64 heavy (non-hydrogen) atoms. The molecule has 0 spiro atoms. The summed E-state index contributed by atoms with van der Waals surface area (Å²) in [6, 6.07) is 63.0. The predicted octanol–water partition coefficient (Wildman–Crippen LogP) is 9.16. The van der Waals surface area contributed by atoms with Gasteiger partial charge in [-0.2, -0.15) is 32.6 Å². The monoisotopic (exact) mass is 969 g/mol. The molecule has 0 saturated carbocycles. The van der Waals surface area contributed by atoms with Crippen molar-refractivity contribution in [2.24, 2.45) is 0 Å². The summed E-state index contributed by atoms with van der Waals surface area (Å²) in [5.74, 6) is -1.96. The smallest absolute Gasteiger partial charge is 0.277 e. The van der Waals surface area contributed by atoms with Gasteiger partial charge in [0, 0.05) is 42.7 Å². The Morgan fingerprint density at radius 1 is 0.328 bits per heavy atom. The first-order valence-corrected chi connectivity index (χ1v) is 24.5. The van der Waals surface area contributed by atoms with E-state index in [-0.39, 0.29) is 42.7 Å². The first-order chi connectivity index (χ1) is 30.9. The Bertz CT molecular complexity index is 2950. The van der Waals surface area contributed by atoms with E-state index < -0.39 is 39.0 Å². The Morgan fingerprint density at radius 2 is 0.516 bits per heavy atom. The molecule has 11 rings (SSSR count). The van der Waals surface area contributed by atoms with Crippen molar-refractivity contribution >= 4 is 48.0 Å². The van der Waals surface area contributed by atoms with E-state index in [1.165, 1.54) is 0 Å². The third-order valence-corrected chi connectivity index (χ3v) is 19.3. The molecule has 0 N–H and O–H groups in total. The molecule has 0 bridgehead atoms. The van der Waals surface area contributed by atoms with Gasteiger partial charge < -0.3 is 6.42 Å². The number of nitrogens with zero attached hydrogens (tertiary/aromatic N) is 4. The Morgan fingerprint density at radius 3 is 0.734 bits per heavy atom. The molecule has 2 aliphatic rings. The van der Waals surface area contributed by atoms with Gasteiger partial charge in [0.1, 0.15) is 10.6 Å². The molecule has 0 fully saturated rings. The summed E-state index contributed by atoms with van der Waals surface area (Å²) in [6.07, 6.45) is 2.00. The second-order valence-electron chi connectivity index (χ2n) is 16.0. The van der Waals surface area contributed by atoms with E-state index in [1.54, 1.807) is 43.0 Å². The molecule has 11 heteroatoms. The molecule has 0 saturated heterocycles. The largest absolute Gasteiger partial charge is 0.335 e. The van der Waals surface area contributed by atoms with Gasteiger partial charge in [0.05, 0.1) is 37.4 Å². The molecule has 7 aromatic carbocycles. The minimum Gasteiger partial charge on any atom is -0.335 e. The van der Waals surface area contributed by atoms with Crippen LogP contribution < -0.4 is 32.8 Å². The second-order valence-corrected chi connectivity index (χ2v) is 21.1. The Hall–Kier alpha value is -6.06. The molecule has 2 aromatic heterocycles. The number of benzene rings is 7. The van der Waals surface area contributed by atoms with Gasteiger partial charge in [0.25, 0.3) is 22.2 Å². The summed E-state index contributed by atoms with van der Waals surface area (Å²) >= 11 is 0. The van der Waals surface area contributed by atoms with Gasteiger partial charge in [-0.25, -0.2) is 0 Å². The van der Waals surface area contributed by atoms with Gasteiger partial charge in [-0.1, -0.05) is 158 Å². The normalized spacial score (nSPS) is 19.6. The summed E-state index contributed by atoms with van der Waals surface area (Å²) in [5, 5.41) is 3.69. The van der Waals surface area contributed by atoms with E-state index in [1.807, 2.05) is 117 Å². The summed E-state index contributed by atoms with van der Waals surface area (Å²) < 4.78 is 6.98. The van der Waals surface area contributed by atoms with Crippen molar-refractivity contribution in [3.63, 3.8) is 0 Å². The standard InChI is InChI=1S/C50H36N4O4P2.C3H7.Pd/c55-43-37-27-13-14-28-38(37)44(56)52-48(34-21-7-2-8-22-34)59(47(51(43)52)33-19-5-1-6-20-33)41-31-17-18-32-42(41)60-49(35-23-9-3-10-24-35)53-45(57)39-29-15-16-30-40(39)46(58)54(53)50(60)36-25-11-4-12-26-36;1-3-2;/h1-32,47-50H;3H,1-2H3;/q;-1;/p+2/t47-,48?,49-,50?,59?,60?;;/m0../s1. The molecule has 4 heterocycles. The predicted molar refractivity (Wildman–Crippen MR) is 261 cm³/mol. The van der Waals surface area contributed by atoms with Crippen LogP contribution in [-0.4, -0.2) is 18.7 Å². The van der Waals surface area contributed by atoms with Crippen LogP contribution in [0.4, 0.5) is 0 Å². The van der Waals surface area contributed by atoms with E-state index in [9.17, 15) is 0 Å². The zero-order chi connectivity index (χ0) is 43.2. The van der Waals surface area contributed by atoms with Crippen LogP contribution >= 0.6 is 15.8 Å². The summed E-state index contributed by atoms with van der Waals surface area (Å²) in [7, 11) is -4.18. The Kier molecular flexibility index (Phi) is 12.3. The van der Waals surface area contributed by atoms with Crippen molar-refractivity contribution in [2.75, 3.05) is 0 Å². The van der Waals surface area contributed by atoms with Crippen LogP contribution in [0.5, 0.6) is 0 Å². The number of hydrogen-bond donors (Lipinski definition) is 0. The molecule has 8 nitrogen and oxygen atoms in total. The minimum atomic E-state index is -2.09. The molecular formula is C53H45N4O4P2Pd+. The van der Waals surface area contributed by atoms with Crippen LogP contribution in [0.1, 0.15) is 59.2 Å². The zero-order valence-electron chi connectivity index (χ0n) is 35.1.